The third-order valence-electron chi connectivity index (χ3n) is 1.90. The zero-order chi connectivity index (χ0) is 11.6. The molecule has 0 radical (unpaired) electrons. The van der Waals surface area contributed by atoms with Crippen LogP contribution in [0.25, 0.3) is 5.70 Å². The molecule has 1 aromatic carbocycles. The predicted octanol–water partition coefficient (Wildman–Crippen LogP) is 2.32. The molecule has 0 heterocycles. The predicted molar refractivity (Wildman–Crippen MR) is 48.7 cm³/mol. The van der Waals surface area contributed by atoms with Gasteiger partial charge in [0.15, 0.2) is 17.5 Å². The lowest BCUT2D eigenvalue weighted by Gasteiger charge is -2.05. The van der Waals surface area contributed by atoms with Crippen LogP contribution < -0.4 is 5.73 Å². The van der Waals surface area contributed by atoms with Crippen LogP contribution in [0.5, 0.6) is 0 Å². The van der Waals surface area contributed by atoms with Crippen molar-refractivity contribution in [2.45, 2.75) is 6.92 Å². The molecule has 15 heavy (non-hydrogen) atoms. The highest BCUT2D eigenvalue weighted by atomic mass is 19.2. The first-order chi connectivity index (χ1) is 6.99. The van der Waals surface area contributed by atoms with E-state index in [1.54, 1.807) is 6.07 Å². The average Bonchev–Trinajstić information content (AvgIpc) is 2.24. The Morgan fingerprint density at radius 2 is 1.87 bits per heavy atom. The standard InChI is InChI=1S/C10H7F3N2/c1-5(4-14)10(15)6-2-3-7(11)9(13)8(6)12/h2-3H,15H2,1H3/b10-5-. The molecule has 78 valence electrons. The molecule has 0 aliphatic carbocycles. The average molecular weight is 212 g/mol. The Labute approximate surface area is 84.4 Å². The first-order valence-corrected chi connectivity index (χ1v) is 3.99. The molecule has 2 nitrogen and oxygen atoms in total. The molecule has 0 unspecified atom stereocenters. The van der Waals surface area contributed by atoms with Crippen molar-refractivity contribution in [3.05, 3.63) is 40.7 Å². The Bertz CT molecular complexity index is 472. The molecule has 0 atom stereocenters. The van der Waals surface area contributed by atoms with E-state index in [1.807, 2.05) is 0 Å². The maximum Gasteiger partial charge on any atom is 0.195 e. The Balaban J connectivity index is 3.43. The van der Waals surface area contributed by atoms with Gasteiger partial charge in [0.25, 0.3) is 0 Å². The van der Waals surface area contributed by atoms with Crippen molar-refractivity contribution >= 4 is 5.70 Å². The van der Waals surface area contributed by atoms with Crippen LogP contribution in [0.3, 0.4) is 0 Å². The van der Waals surface area contributed by atoms with E-state index in [-0.39, 0.29) is 16.8 Å². The number of hydrogen-bond acceptors (Lipinski definition) is 2. The third kappa shape index (κ3) is 1.94. The summed E-state index contributed by atoms with van der Waals surface area (Å²) in [6.45, 7) is 1.36. The fourth-order valence-corrected chi connectivity index (χ4v) is 0.996. The zero-order valence-corrected chi connectivity index (χ0v) is 7.81. The quantitative estimate of drug-likeness (QED) is 0.573. The molecule has 0 saturated heterocycles. The molecule has 0 amide bonds. The van der Waals surface area contributed by atoms with E-state index in [9.17, 15) is 13.2 Å². The van der Waals surface area contributed by atoms with Gasteiger partial charge in [-0.3, -0.25) is 0 Å². The molecule has 2 N–H and O–H groups in total. The Morgan fingerprint density at radius 1 is 1.27 bits per heavy atom. The summed E-state index contributed by atoms with van der Waals surface area (Å²) < 4.78 is 38.5. The molecule has 5 heteroatoms. The van der Waals surface area contributed by atoms with Crippen LogP contribution in [0, 0.1) is 28.8 Å². The Hall–Kier alpha value is -1.96. The molecular weight excluding hydrogens is 205 g/mol. The van der Waals surface area contributed by atoms with Crippen molar-refractivity contribution in [1.82, 2.24) is 0 Å². The number of nitrogens with zero attached hydrogens (tertiary/aromatic N) is 1. The summed E-state index contributed by atoms with van der Waals surface area (Å²) in [4.78, 5) is 0. The molecular formula is C10H7F3N2. The summed E-state index contributed by atoms with van der Waals surface area (Å²) in [7, 11) is 0. The molecule has 0 spiro atoms. The summed E-state index contributed by atoms with van der Waals surface area (Å²) in [5.74, 6) is -4.28. The van der Waals surface area contributed by atoms with Crippen LogP contribution >= 0.6 is 0 Å². The van der Waals surface area contributed by atoms with Gasteiger partial charge in [0.1, 0.15) is 0 Å². The van der Waals surface area contributed by atoms with Gasteiger partial charge < -0.3 is 5.73 Å². The number of nitriles is 1. The molecule has 0 saturated carbocycles. The lowest BCUT2D eigenvalue weighted by molar-refractivity contribution is 0.445. The van der Waals surface area contributed by atoms with Gasteiger partial charge in [-0.15, -0.1) is 0 Å². The third-order valence-corrected chi connectivity index (χ3v) is 1.90. The van der Waals surface area contributed by atoms with E-state index in [0.29, 0.717) is 0 Å². The summed E-state index contributed by atoms with van der Waals surface area (Å²) in [6, 6.07) is 3.44. The fourth-order valence-electron chi connectivity index (χ4n) is 0.996. The largest absolute Gasteiger partial charge is 0.397 e. The number of halogens is 3. The van der Waals surface area contributed by atoms with E-state index >= 15 is 0 Å². The van der Waals surface area contributed by atoms with Gasteiger partial charge in [0.2, 0.25) is 0 Å². The van der Waals surface area contributed by atoms with E-state index in [0.717, 1.165) is 12.1 Å². The summed E-state index contributed by atoms with van der Waals surface area (Å²) >= 11 is 0. The summed E-state index contributed by atoms with van der Waals surface area (Å²) in [5.41, 5.74) is 4.93. The number of benzene rings is 1. The van der Waals surface area contributed by atoms with Crippen LogP contribution in [0.15, 0.2) is 17.7 Å². The topological polar surface area (TPSA) is 49.8 Å². The molecule has 0 aromatic heterocycles. The van der Waals surface area contributed by atoms with Crippen molar-refractivity contribution < 1.29 is 13.2 Å². The van der Waals surface area contributed by atoms with Gasteiger partial charge >= 0.3 is 0 Å². The van der Waals surface area contributed by atoms with Gasteiger partial charge in [-0.1, -0.05) is 0 Å². The first-order valence-electron chi connectivity index (χ1n) is 3.99. The molecule has 0 bridgehead atoms. The number of hydrogen-bond donors (Lipinski definition) is 1. The highest BCUT2D eigenvalue weighted by Gasteiger charge is 2.15. The second-order valence-corrected chi connectivity index (χ2v) is 2.87. The van der Waals surface area contributed by atoms with Crippen LogP contribution in [0.2, 0.25) is 0 Å². The lowest BCUT2D eigenvalue weighted by atomic mass is 10.1. The van der Waals surface area contributed by atoms with Crippen LogP contribution in [-0.4, -0.2) is 0 Å². The molecule has 0 fully saturated rings. The van der Waals surface area contributed by atoms with Gasteiger partial charge in [-0.2, -0.15) is 5.26 Å². The normalized spacial score (nSPS) is 11.9. The molecule has 1 aromatic rings. The first kappa shape index (κ1) is 11.1. The highest BCUT2D eigenvalue weighted by Crippen LogP contribution is 2.21. The molecule has 0 aliphatic heterocycles. The van der Waals surface area contributed by atoms with Gasteiger partial charge in [-0.25, -0.2) is 13.2 Å². The number of rotatable bonds is 1. The SMILES string of the molecule is C/C(C#N)=C(/N)c1ccc(F)c(F)c1F. The lowest BCUT2D eigenvalue weighted by Crippen LogP contribution is -2.05. The Morgan fingerprint density at radius 3 is 2.40 bits per heavy atom. The maximum absolute atomic E-state index is 13.2. The van der Waals surface area contributed by atoms with Crippen molar-refractivity contribution in [2.75, 3.05) is 0 Å². The summed E-state index contributed by atoms with van der Waals surface area (Å²) in [5, 5.41) is 8.50. The summed E-state index contributed by atoms with van der Waals surface area (Å²) in [6.07, 6.45) is 0. The van der Waals surface area contributed by atoms with E-state index in [1.165, 1.54) is 6.92 Å². The van der Waals surface area contributed by atoms with E-state index < -0.39 is 17.5 Å². The van der Waals surface area contributed by atoms with Crippen molar-refractivity contribution in [3.8, 4) is 6.07 Å². The van der Waals surface area contributed by atoms with Crippen LogP contribution in [0.4, 0.5) is 13.2 Å². The minimum atomic E-state index is -1.60. The number of allylic oxidation sites excluding steroid dienone is 1. The van der Waals surface area contributed by atoms with Gasteiger partial charge in [-0.05, 0) is 19.1 Å². The second-order valence-electron chi connectivity index (χ2n) is 2.87. The van der Waals surface area contributed by atoms with Gasteiger partial charge in [0, 0.05) is 5.56 Å². The minimum Gasteiger partial charge on any atom is -0.397 e. The smallest absolute Gasteiger partial charge is 0.195 e. The van der Waals surface area contributed by atoms with E-state index in [4.69, 9.17) is 11.0 Å². The highest BCUT2D eigenvalue weighted by molar-refractivity contribution is 5.68. The second kappa shape index (κ2) is 4.05. The number of nitrogens with two attached hydrogens (primary N) is 1. The zero-order valence-electron chi connectivity index (χ0n) is 7.81. The molecule has 1 rings (SSSR count). The van der Waals surface area contributed by atoms with Crippen molar-refractivity contribution in [1.29, 1.82) is 5.26 Å². The monoisotopic (exact) mass is 212 g/mol. The minimum absolute atomic E-state index is 0.0416. The fraction of sp³-hybridized carbons (Fsp3) is 0.100. The van der Waals surface area contributed by atoms with Gasteiger partial charge in [0.05, 0.1) is 17.3 Å². The maximum atomic E-state index is 13.2. The molecule has 0 aliphatic rings. The Kier molecular flexibility index (Phi) is 3.00. The van der Waals surface area contributed by atoms with Crippen LogP contribution in [-0.2, 0) is 0 Å². The van der Waals surface area contributed by atoms with Crippen molar-refractivity contribution in [2.24, 2.45) is 5.73 Å². The van der Waals surface area contributed by atoms with E-state index in [2.05, 4.69) is 0 Å². The van der Waals surface area contributed by atoms with Crippen molar-refractivity contribution in [3.63, 3.8) is 0 Å². The van der Waals surface area contributed by atoms with Crippen LogP contribution in [0.1, 0.15) is 12.5 Å².